The number of carboxylic acid groups (broad SMARTS) is 2. The highest BCUT2D eigenvalue weighted by Crippen LogP contribution is 2.19. The van der Waals surface area contributed by atoms with E-state index in [1.54, 1.807) is 6.20 Å². The molecule has 10 N–H and O–H groups in total. The smallest absolute Gasteiger partial charge is 0.326 e. The van der Waals surface area contributed by atoms with Crippen molar-refractivity contribution in [3.05, 3.63) is 36.0 Å². The van der Waals surface area contributed by atoms with Crippen LogP contribution in [0.5, 0.6) is 0 Å². The van der Waals surface area contributed by atoms with Crippen LogP contribution in [0.25, 0.3) is 10.9 Å². The zero-order valence-corrected chi connectivity index (χ0v) is 23.9. The number of hydrogen-bond donors (Lipinski definition) is 8. The Bertz CT molecular complexity index is 1190. The van der Waals surface area contributed by atoms with Crippen molar-refractivity contribution in [3.8, 4) is 0 Å². The van der Waals surface area contributed by atoms with Gasteiger partial charge in [0.05, 0.1) is 6.04 Å². The maximum absolute atomic E-state index is 13.3. The van der Waals surface area contributed by atoms with Gasteiger partial charge in [-0.1, -0.05) is 18.2 Å². The summed E-state index contributed by atoms with van der Waals surface area (Å²) >= 11 is 1.43. The first kappa shape index (κ1) is 33.6. The summed E-state index contributed by atoms with van der Waals surface area (Å²) in [6, 6.07) is 2.92. The third kappa shape index (κ3) is 11.1. The summed E-state index contributed by atoms with van der Waals surface area (Å²) in [6.45, 7) is 0.360. The van der Waals surface area contributed by atoms with Crippen LogP contribution in [0.3, 0.4) is 0 Å². The molecule has 0 bridgehead atoms. The number of aliphatic carboxylic acids is 2. The number of fused-ring (bicyclic) bond motifs is 1. The van der Waals surface area contributed by atoms with Crippen molar-refractivity contribution >= 4 is 52.3 Å². The fourth-order valence-corrected chi connectivity index (χ4v) is 4.72. The molecule has 14 heteroatoms. The van der Waals surface area contributed by atoms with Gasteiger partial charge < -0.3 is 42.6 Å². The van der Waals surface area contributed by atoms with Crippen LogP contribution in [-0.2, 0) is 30.4 Å². The van der Waals surface area contributed by atoms with Gasteiger partial charge in [0.1, 0.15) is 18.1 Å². The SMILES string of the molecule is CSCCC(NC(=O)C(CCCCN)NC(=O)C(CCC(=O)O)NC(=O)C(N)Cc1c[nH]c2ccccc12)C(=O)O. The van der Waals surface area contributed by atoms with E-state index in [1.807, 2.05) is 30.5 Å². The number of aromatic nitrogens is 1. The summed E-state index contributed by atoms with van der Waals surface area (Å²) in [5, 5.41) is 27.2. The van der Waals surface area contributed by atoms with E-state index in [9.17, 15) is 34.2 Å². The van der Waals surface area contributed by atoms with Crippen molar-refractivity contribution in [2.75, 3.05) is 18.6 Å². The Morgan fingerprint density at radius 1 is 0.902 bits per heavy atom. The molecule has 1 heterocycles. The molecule has 0 aliphatic heterocycles. The van der Waals surface area contributed by atoms with Crippen LogP contribution in [0.1, 0.15) is 44.1 Å². The summed E-state index contributed by atoms with van der Waals surface area (Å²) in [5.74, 6) is -3.99. The Morgan fingerprint density at radius 3 is 2.17 bits per heavy atom. The number of hydrogen-bond acceptors (Lipinski definition) is 8. The van der Waals surface area contributed by atoms with E-state index in [2.05, 4.69) is 20.9 Å². The van der Waals surface area contributed by atoms with Crippen molar-refractivity contribution in [3.63, 3.8) is 0 Å². The number of H-pyrrole nitrogens is 1. The number of thioether (sulfide) groups is 1. The summed E-state index contributed by atoms with van der Waals surface area (Å²) in [7, 11) is 0. The number of rotatable bonds is 19. The number of para-hydroxylation sites is 1. The number of carbonyl (C=O) groups is 5. The predicted octanol–water partition coefficient (Wildman–Crippen LogP) is 0.324. The number of nitrogens with one attached hydrogen (secondary N) is 4. The van der Waals surface area contributed by atoms with Gasteiger partial charge in [-0.2, -0.15) is 11.8 Å². The molecule has 0 aliphatic rings. The average molecular weight is 593 g/mol. The minimum Gasteiger partial charge on any atom is -0.481 e. The second-order valence-electron chi connectivity index (χ2n) is 9.69. The van der Waals surface area contributed by atoms with E-state index in [0.717, 1.165) is 16.5 Å². The third-order valence-corrected chi connectivity index (χ3v) is 7.18. The van der Waals surface area contributed by atoms with Gasteiger partial charge in [0, 0.05) is 23.5 Å². The second kappa shape index (κ2) is 17.3. The Labute approximate surface area is 242 Å². The van der Waals surface area contributed by atoms with Crippen molar-refractivity contribution < 1.29 is 34.2 Å². The van der Waals surface area contributed by atoms with Gasteiger partial charge in [-0.3, -0.25) is 19.2 Å². The Morgan fingerprint density at radius 2 is 1.54 bits per heavy atom. The third-order valence-electron chi connectivity index (χ3n) is 6.54. The van der Waals surface area contributed by atoms with Crippen LogP contribution in [0.2, 0.25) is 0 Å². The minimum absolute atomic E-state index is 0.167. The largest absolute Gasteiger partial charge is 0.481 e. The molecular formula is C27H40N6O7S. The standard InChI is InChI=1S/C27H40N6O7S/c1-41-13-11-22(27(39)40)33-25(37)20(8-4-5-12-28)32-26(38)21(9-10-23(34)35)31-24(36)18(29)14-16-15-30-19-7-3-2-6-17(16)19/h2-3,6-7,15,18,20-22,30H,4-5,8-14,28-29H2,1H3,(H,31,36)(H,32,38)(H,33,37)(H,34,35)(H,39,40). The Kier molecular flexibility index (Phi) is 14.1. The lowest BCUT2D eigenvalue weighted by Crippen LogP contribution is -2.57. The fourth-order valence-electron chi connectivity index (χ4n) is 4.24. The molecule has 0 aliphatic carbocycles. The van der Waals surface area contributed by atoms with Crippen molar-refractivity contribution in [1.82, 2.24) is 20.9 Å². The Balaban J connectivity index is 2.14. The number of unbranched alkanes of at least 4 members (excludes halogenated alkanes) is 1. The summed E-state index contributed by atoms with van der Waals surface area (Å²) < 4.78 is 0. The highest BCUT2D eigenvalue weighted by atomic mass is 32.2. The molecule has 4 atom stereocenters. The molecule has 3 amide bonds. The lowest BCUT2D eigenvalue weighted by Gasteiger charge is -2.25. The molecule has 226 valence electrons. The zero-order valence-electron chi connectivity index (χ0n) is 23.1. The first-order valence-electron chi connectivity index (χ1n) is 13.4. The Hall–Kier alpha value is -3.62. The van der Waals surface area contributed by atoms with Gasteiger partial charge in [-0.25, -0.2) is 4.79 Å². The lowest BCUT2D eigenvalue weighted by atomic mass is 10.0. The monoisotopic (exact) mass is 592 g/mol. The molecule has 41 heavy (non-hydrogen) atoms. The molecule has 0 fully saturated rings. The maximum Gasteiger partial charge on any atom is 0.326 e. The van der Waals surface area contributed by atoms with Gasteiger partial charge in [0.25, 0.3) is 0 Å². The minimum atomic E-state index is -1.29. The molecule has 0 radical (unpaired) electrons. The number of aromatic amines is 1. The lowest BCUT2D eigenvalue weighted by molar-refractivity contribution is -0.142. The van der Waals surface area contributed by atoms with Gasteiger partial charge in [0.2, 0.25) is 17.7 Å². The molecule has 1 aromatic carbocycles. The zero-order chi connectivity index (χ0) is 30.4. The molecule has 2 rings (SSSR count). The van der Waals surface area contributed by atoms with Gasteiger partial charge in [-0.15, -0.1) is 0 Å². The van der Waals surface area contributed by atoms with Gasteiger partial charge >= 0.3 is 11.9 Å². The van der Waals surface area contributed by atoms with Crippen LogP contribution >= 0.6 is 11.8 Å². The van der Waals surface area contributed by atoms with Gasteiger partial charge in [0.15, 0.2) is 0 Å². The number of carboxylic acids is 2. The summed E-state index contributed by atoms with van der Waals surface area (Å²) in [6.07, 6.45) is 4.47. The summed E-state index contributed by atoms with van der Waals surface area (Å²) in [4.78, 5) is 65.3. The molecule has 2 aromatic rings. The molecule has 0 saturated carbocycles. The summed E-state index contributed by atoms with van der Waals surface area (Å²) in [5.41, 5.74) is 13.4. The van der Waals surface area contributed by atoms with Crippen LogP contribution < -0.4 is 27.4 Å². The highest BCUT2D eigenvalue weighted by molar-refractivity contribution is 7.98. The van der Waals surface area contributed by atoms with E-state index >= 15 is 0 Å². The van der Waals surface area contributed by atoms with Crippen molar-refractivity contribution in [2.24, 2.45) is 11.5 Å². The van der Waals surface area contributed by atoms with E-state index in [-0.39, 0.29) is 25.7 Å². The quantitative estimate of drug-likeness (QED) is 0.104. The van der Waals surface area contributed by atoms with E-state index in [0.29, 0.717) is 25.1 Å². The average Bonchev–Trinajstić information content (AvgIpc) is 3.34. The predicted molar refractivity (Wildman–Crippen MR) is 156 cm³/mol. The highest BCUT2D eigenvalue weighted by Gasteiger charge is 2.30. The maximum atomic E-state index is 13.3. The van der Waals surface area contributed by atoms with Crippen LogP contribution in [0.4, 0.5) is 0 Å². The van der Waals surface area contributed by atoms with E-state index < -0.39 is 60.2 Å². The molecule has 13 nitrogen and oxygen atoms in total. The normalized spacial score (nSPS) is 14.0. The molecule has 0 spiro atoms. The van der Waals surface area contributed by atoms with Gasteiger partial charge in [-0.05, 0) is 68.7 Å². The van der Waals surface area contributed by atoms with E-state index in [4.69, 9.17) is 11.5 Å². The molecule has 0 saturated heterocycles. The van der Waals surface area contributed by atoms with Crippen LogP contribution in [0, 0.1) is 0 Å². The number of nitrogens with two attached hydrogens (primary N) is 2. The van der Waals surface area contributed by atoms with Crippen LogP contribution in [0.15, 0.2) is 30.5 Å². The molecule has 1 aromatic heterocycles. The topological polar surface area (TPSA) is 230 Å². The second-order valence-corrected chi connectivity index (χ2v) is 10.7. The van der Waals surface area contributed by atoms with Crippen molar-refractivity contribution in [2.45, 2.75) is 69.1 Å². The molecular weight excluding hydrogens is 552 g/mol. The molecule has 4 unspecified atom stereocenters. The van der Waals surface area contributed by atoms with E-state index in [1.165, 1.54) is 11.8 Å². The number of carbonyl (C=O) groups excluding carboxylic acids is 3. The number of amides is 3. The first-order chi connectivity index (χ1) is 19.6. The fraction of sp³-hybridized carbons (Fsp3) is 0.519. The van der Waals surface area contributed by atoms with Crippen LogP contribution in [-0.4, -0.2) is 87.6 Å². The number of benzene rings is 1. The first-order valence-corrected chi connectivity index (χ1v) is 14.8. The van der Waals surface area contributed by atoms with Crippen molar-refractivity contribution in [1.29, 1.82) is 0 Å².